The SMILES string of the molecule is FC(F)(Cl)OC(Cl)(Cl)C(F)(F)F. The lowest BCUT2D eigenvalue weighted by atomic mass is 10.7. The summed E-state index contributed by atoms with van der Waals surface area (Å²) in [6.45, 7) is 0. The molecule has 0 atom stereocenters. The third kappa shape index (κ3) is 3.93. The van der Waals surface area contributed by atoms with Crippen molar-refractivity contribution in [1.29, 1.82) is 0 Å². The quantitative estimate of drug-likeness (QED) is 0.541. The highest BCUT2D eigenvalue weighted by Crippen LogP contribution is 2.44. The molecule has 0 amide bonds. The molecule has 0 aliphatic rings. The first kappa shape index (κ1) is 12.5. The van der Waals surface area contributed by atoms with Crippen LogP contribution in [0.3, 0.4) is 0 Å². The van der Waals surface area contributed by atoms with E-state index in [1.807, 2.05) is 0 Å². The lowest BCUT2D eigenvalue weighted by molar-refractivity contribution is -0.281. The lowest BCUT2D eigenvalue weighted by Gasteiger charge is -2.24. The van der Waals surface area contributed by atoms with Crippen molar-refractivity contribution in [3.05, 3.63) is 0 Å². The summed E-state index contributed by atoms with van der Waals surface area (Å²) in [5.41, 5.74) is -4.57. The molecular formula is C3Cl3F5O. The number of hydrogen-bond donors (Lipinski definition) is 0. The molecule has 0 aliphatic heterocycles. The first-order valence-corrected chi connectivity index (χ1v) is 3.30. The Labute approximate surface area is 78.3 Å². The average Bonchev–Trinajstić information content (AvgIpc) is 1.52. The Kier molecular flexibility index (Phi) is 3.46. The molecule has 1 nitrogen and oxygen atoms in total. The molecule has 0 unspecified atom stereocenters. The van der Waals surface area contributed by atoms with Gasteiger partial charge >= 0.3 is 16.3 Å². The van der Waals surface area contributed by atoms with Crippen molar-refractivity contribution in [2.24, 2.45) is 0 Å². The van der Waals surface area contributed by atoms with Crippen molar-refractivity contribution in [3.63, 3.8) is 0 Å². The second-order valence-corrected chi connectivity index (χ2v) is 3.26. The molecule has 0 rings (SSSR count). The van der Waals surface area contributed by atoms with Crippen molar-refractivity contribution in [1.82, 2.24) is 0 Å². The smallest absolute Gasteiger partial charge is 0.261 e. The normalized spacial score (nSPS) is 15.0. The monoisotopic (exact) mass is 252 g/mol. The van der Waals surface area contributed by atoms with Gasteiger partial charge in [-0.3, -0.25) is 4.74 Å². The number of ether oxygens (including phenoxy) is 1. The van der Waals surface area contributed by atoms with Crippen molar-refractivity contribution < 1.29 is 26.7 Å². The zero-order chi connectivity index (χ0) is 10.2. The molecule has 0 radical (unpaired) electrons. The Morgan fingerprint density at radius 2 is 1.17 bits per heavy atom. The maximum atomic E-state index is 11.6. The first-order valence-electron chi connectivity index (χ1n) is 2.17. The highest BCUT2D eigenvalue weighted by molar-refractivity contribution is 6.48. The summed E-state index contributed by atoms with van der Waals surface area (Å²) < 4.78 is 56.8. The summed E-state index contributed by atoms with van der Waals surface area (Å²) in [5, 5.41) is 0. The van der Waals surface area contributed by atoms with Gasteiger partial charge in [0.25, 0.3) is 0 Å². The molecule has 74 valence electrons. The van der Waals surface area contributed by atoms with Gasteiger partial charge in [-0.05, 0) is 11.6 Å². The second kappa shape index (κ2) is 3.32. The van der Waals surface area contributed by atoms with Gasteiger partial charge < -0.3 is 0 Å². The minimum Gasteiger partial charge on any atom is -0.261 e. The van der Waals surface area contributed by atoms with Crippen LogP contribution < -0.4 is 0 Å². The van der Waals surface area contributed by atoms with Gasteiger partial charge in [0.15, 0.2) is 0 Å². The molecule has 0 heterocycles. The molecule has 0 fully saturated rings. The van der Waals surface area contributed by atoms with E-state index in [0.717, 1.165) is 0 Å². The molecule has 0 aromatic carbocycles. The van der Waals surface area contributed by atoms with Crippen LogP contribution in [0.4, 0.5) is 22.0 Å². The van der Waals surface area contributed by atoms with Gasteiger partial charge in [-0.2, -0.15) is 22.0 Å². The standard InChI is InChI=1S/C3Cl3F5O/c4-1(5,2(7,8)9)12-3(6,10)11. The Morgan fingerprint density at radius 1 is 0.833 bits per heavy atom. The summed E-state index contributed by atoms with van der Waals surface area (Å²) in [4.78, 5) is 0. The van der Waals surface area contributed by atoms with Crippen LogP contribution in [0.15, 0.2) is 0 Å². The van der Waals surface area contributed by atoms with E-state index in [1.54, 1.807) is 0 Å². The number of halogens is 8. The van der Waals surface area contributed by atoms with Crippen LogP contribution in [-0.2, 0) is 4.74 Å². The molecule has 0 saturated heterocycles. The highest BCUT2D eigenvalue weighted by atomic mass is 35.5. The van der Waals surface area contributed by atoms with Gasteiger partial charge in [0, 0.05) is 0 Å². The number of rotatable bonds is 2. The summed E-state index contributed by atoms with van der Waals surface area (Å²) in [7, 11) is 0. The predicted octanol–water partition coefficient (Wildman–Crippen LogP) is 3.49. The fourth-order valence-electron chi connectivity index (χ4n) is 0.203. The maximum Gasteiger partial charge on any atom is 0.447 e. The van der Waals surface area contributed by atoms with Crippen LogP contribution in [0.5, 0.6) is 0 Å². The molecule has 0 saturated carbocycles. The molecule has 0 spiro atoms. The van der Waals surface area contributed by atoms with Gasteiger partial charge in [-0.25, -0.2) is 0 Å². The summed E-state index contributed by atoms with van der Waals surface area (Å²) in [5.74, 6) is 0. The average molecular weight is 253 g/mol. The maximum absolute atomic E-state index is 11.6. The largest absolute Gasteiger partial charge is 0.447 e. The van der Waals surface area contributed by atoms with Crippen molar-refractivity contribution in [2.75, 3.05) is 0 Å². The van der Waals surface area contributed by atoms with E-state index in [-0.39, 0.29) is 0 Å². The molecular weight excluding hydrogens is 253 g/mol. The lowest BCUT2D eigenvalue weighted by Crippen LogP contribution is -2.40. The van der Waals surface area contributed by atoms with Crippen LogP contribution in [0, 0.1) is 0 Å². The van der Waals surface area contributed by atoms with E-state index in [2.05, 4.69) is 39.5 Å². The van der Waals surface area contributed by atoms with Gasteiger partial charge in [0.05, 0.1) is 0 Å². The van der Waals surface area contributed by atoms with Crippen LogP contribution >= 0.6 is 34.8 Å². The van der Waals surface area contributed by atoms with E-state index in [1.165, 1.54) is 0 Å². The minimum atomic E-state index is -5.35. The summed E-state index contributed by atoms with van der Waals surface area (Å²) in [6.07, 6.45) is -5.35. The Bertz CT molecular complexity index is 160. The molecule has 9 heteroatoms. The van der Waals surface area contributed by atoms with Crippen molar-refractivity contribution >= 4 is 34.8 Å². The molecule has 0 aliphatic carbocycles. The Balaban J connectivity index is 4.44. The Hall–Kier alpha value is 0.480. The zero-order valence-electron chi connectivity index (χ0n) is 4.93. The zero-order valence-corrected chi connectivity index (χ0v) is 7.20. The number of hydrogen-bond acceptors (Lipinski definition) is 1. The van der Waals surface area contributed by atoms with Crippen LogP contribution in [0.25, 0.3) is 0 Å². The number of alkyl halides is 8. The molecule has 0 aromatic heterocycles. The topological polar surface area (TPSA) is 9.23 Å². The fraction of sp³-hybridized carbons (Fsp3) is 1.00. The predicted molar refractivity (Wildman–Crippen MR) is 32.4 cm³/mol. The first-order chi connectivity index (χ1) is 4.96. The fourth-order valence-corrected chi connectivity index (χ4v) is 0.592. The van der Waals surface area contributed by atoms with E-state index >= 15 is 0 Å². The summed E-state index contributed by atoms with van der Waals surface area (Å²) in [6, 6.07) is 0. The molecule has 0 aromatic rings. The van der Waals surface area contributed by atoms with Crippen molar-refractivity contribution in [2.45, 2.75) is 16.3 Å². The Morgan fingerprint density at radius 3 is 1.25 bits per heavy atom. The third-order valence-corrected chi connectivity index (χ3v) is 1.23. The van der Waals surface area contributed by atoms with Crippen LogP contribution in [-0.4, -0.2) is 16.3 Å². The van der Waals surface area contributed by atoms with Gasteiger partial charge in [-0.1, -0.05) is 23.2 Å². The second-order valence-electron chi connectivity index (χ2n) is 1.56. The minimum absolute atomic E-state index is 2.83. The highest BCUT2D eigenvalue weighted by Gasteiger charge is 2.58. The summed E-state index contributed by atoms with van der Waals surface area (Å²) >= 11 is 12.7. The van der Waals surface area contributed by atoms with Crippen LogP contribution in [0.2, 0.25) is 0 Å². The molecule has 0 bridgehead atoms. The van der Waals surface area contributed by atoms with E-state index in [4.69, 9.17) is 0 Å². The van der Waals surface area contributed by atoms with E-state index < -0.39 is 16.3 Å². The molecule has 0 N–H and O–H groups in total. The van der Waals surface area contributed by atoms with Gasteiger partial charge in [0.1, 0.15) is 0 Å². The van der Waals surface area contributed by atoms with Gasteiger partial charge in [0.2, 0.25) is 0 Å². The van der Waals surface area contributed by atoms with Crippen molar-refractivity contribution in [3.8, 4) is 0 Å². The van der Waals surface area contributed by atoms with E-state index in [9.17, 15) is 22.0 Å². The van der Waals surface area contributed by atoms with E-state index in [0.29, 0.717) is 0 Å². The molecule has 12 heavy (non-hydrogen) atoms. The van der Waals surface area contributed by atoms with Crippen LogP contribution in [0.1, 0.15) is 0 Å². The van der Waals surface area contributed by atoms with Gasteiger partial charge in [-0.15, -0.1) is 0 Å². The third-order valence-electron chi connectivity index (χ3n) is 0.574.